The lowest BCUT2D eigenvalue weighted by atomic mass is 9.81. The predicted molar refractivity (Wildman–Crippen MR) is 142 cm³/mol. The molecule has 3 unspecified atom stereocenters. The highest BCUT2D eigenvalue weighted by Gasteiger charge is 2.29. The van der Waals surface area contributed by atoms with Crippen molar-refractivity contribution in [2.45, 2.75) is 79.9 Å². The van der Waals surface area contributed by atoms with Crippen LogP contribution in [-0.4, -0.2) is 34.0 Å². The summed E-state index contributed by atoms with van der Waals surface area (Å²) in [4.78, 5) is 40.9. The number of benzene rings is 1. The number of hydrogen-bond acceptors (Lipinski definition) is 6. The number of carbonyl (C=O) groups excluding carboxylic acids is 2. The number of aromatic nitrogens is 1. The van der Waals surface area contributed by atoms with E-state index in [0.717, 1.165) is 11.1 Å². The minimum Gasteiger partial charge on any atom is -0.481 e. The number of esters is 1. The largest absolute Gasteiger partial charge is 0.481 e. The number of aryl methyl sites for hydroxylation is 1. The third kappa shape index (κ3) is 9.04. The van der Waals surface area contributed by atoms with Crippen LogP contribution in [-0.2, 0) is 20.7 Å². The second-order valence-electron chi connectivity index (χ2n) is 10.4. The summed E-state index contributed by atoms with van der Waals surface area (Å²) >= 11 is 1.30. The second-order valence-corrected chi connectivity index (χ2v) is 11.3. The summed E-state index contributed by atoms with van der Waals surface area (Å²) in [6.07, 6.45) is 0.933. The van der Waals surface area contributed by atoms with E-state index >= 15 is 0 Å². The van der Waals surface area contributed by atoms with E-state index < -0.39 is 18.0 Å². The zero-order chi connectivity index (χ0) is 27.0. The zero-order valence-corrected chi connectivity index (χ0v) is 23.2. The molecule has 3 atom stereocenters. The van der Waals surface area contributed by atoms with Crippen molar-refractivity contribution in [2.75, 3.05) is 0 Å². The standard InChI is InChI=1S/C28H40N2O5S/c1-16(2)23(17(3)4)14-25(35-20(7)31)27-30-24(15-36-27)26(32)29-22(12-19(6)28(33)34)13-21-10-8-18(5)9-11-21/h8-11,15-17,19,22-23,25H,12-14H2,1-7H3,(H,29,32)(H,33,34). The Labute approximate surface area is 218 Å². The van der Waals surface area contributed by atoms with E-state index in [1.165, 1.54) is 18.3 Å². The summed E-state index contributed by atoms with van der Waals surface area (Å²) in [5.74, 6) is -1.11. The minimum absolute atomic E-state index is 0.245. The van der Waals surface area contributed by atoms with Crippen LogP contribution in [0.3, 0.4) is 0 Å². The molecule has 2 rings (SSSR count). The average Bonchev–Trinajstić information content (AvgIpc) is 3.27. The fourth-order valence-electron chi connectivity index (χ4n) is 4.49. The monoisotopic (exact) mass is 516 g/mol. The molecule has 7 nitrogen and oxygen atoms in total. The van der Waals surface area contributed by atoms with Crippen molar-refractivity contribution in [1.82, 2.24) is 10.3 Å². The lowest BCUT2D eigenvalue weighted by molar-refractivity contribution is -0.148. The van der Waals surface area contributed by atoms with Crippen LogP contribution in [0.1, 0.15) is 87.1 Å². The van der Waals surface area contributed by atoms with Crippen molar-refractivity contribution in [3.63, 3.8) is 0 Å². The van der Waals surface area contributed by atoms with Crippen LogP contribution in [0, 0.1) is 30.6 Å². The van der Waals surface area contributed by atoms with Gasteiger partial charge in [0, 0.05) is 18.3 Å². The highest BCUT2D eigenvalue weighted by atomic mass is 32.1. The van der Waals surface area contributed by atoms with Gasteiger partial charge in [-0.3, -0.25) is 14.4 Å². The molecule has 1 aromatic heterocycles. The number of carboxylic acids is 1. The number of ether oxygens (including phenoxy) is 1. The van der Waals surface area contributed by atoms with Crippen LogP contribution in [0.25, 0.3) is 0 Å². The number of amides is 1. The van der Waals surface area contributed by atoms with E-state index in [4.69, 9.17) is 4.74 Å². The number of aliphatic carboxylic acids is 1. The number of rotatable bonds is 13. The first kappa shape index (κ1) is 29.5. The van der Waals surface area contributed by atoms with Crippen LogP contribution in [0.15, 0.2) is 29.6 Å². The summed E-state index contributed by atoms with van der Waals surface area (Å²) in [5.41, 5.74) is 2.40. The van der Waals surface area contributed by atoms with Crippen LogP contribution in [0.5, 0.6) is 0 Å². The van der Waals surface area contributed by atoms with Crippen molar-refractivity contribution in [1.29, 1.82) is 0 Å². The number of thiazole rings is 1. The number of nitrogens with one attached hydrogen (secondary N) is 1. The molecule has 0 bridgehead atoms. The first-order valence-corrected chi connectivity index (χ1v) is 13.5. The molecule has 198 valence electrons. The molecule has 1 heterocycles. The van der Waals surface area contributed by atoms with E-state index in [1.807, 2.05) is 31.2 Å². The topological polar surface area (TPSA) is 106 Å². The van der Waals surface area contributed by atoms with E-state index in [-0.39, 0.29) is 23.6 Å². The van der Waals surface area contributed by atoms with Crippen molar-refractivity contribution in [2.24, 2.45) is 23.7 Å². The maximum Gasteiger partial charge on any atom is 0.306 e. The van der Waals surface area contributed by atoms with Gasteiger partial charge in [0.1, 0.15) is 10.7 Å². The van der Waals surface area contributed by atoms with Gasteiger partial charge in [-0.25, -0.2) is 4.98 Å². The molecule has 0 spiro atoms. The van der Waals surface area contributed by atoms with Gasteiger partial charge in [-0.1, -0.05) is 64.4 Å². The molecule has 0 fully saturated rings. The fourth-order valence-corrected chi connectivity index (χ4v) is 5.33. The van der Waals surface area contributed by atoms with Gasteiger partial charge in [0.05, 0.1) is 5.92 Å². The highest BCUT2D eigenvalue weighted by molar-refractivity contribution is 7.09. The number of nitrogens with zero attached hydrogens (tertiary/aromatic N) is 1. The van der Waals surface area contributed by atoms with Gasteiger partial charge in [0.15, 0.2) is 6.10 Å². The Kier molecular flexibility index (Phi) is 11.1. The number of hydrogen-bond donors (Lipinski definition) is 2. The third-order valence-corrected chi connectivity index (χ3v) is 7.47. The molecule has 0 aliphatic carbocycles. The smallest absolute Gasteiger partial charge is 0.306 e. The Balaban J connectivity index is 2.21. The van der Waals surface area contributed by atoms with Crippen molar-refractivity contribution >= 4 is 29.2 Å². The first-order valence-electron chi connectivity index (χ1n) is 12.6. The molecule has 0 saturated carbocycles. The molecule has 1 amide bonds. The van der Waals surface area contributed by atoms with E-state index in [9.17, 15) is 19.5 Å². The van der Waals surface area contributed by atoms with Gasteiger partial charge < -0.3 is 15.2 Å². The Morgan fingerprint density at radius 1 is 1.03 bits per heavy atom. The summed E-state index contributed by atoms with van der Waals surface area (Å²) in [6, 6.07) is 7.61. The SMILES string of the molecule is CC(=O)OC(CC(C(C)C)C(C)C)c1nc(C(=O)NC(Cc2ccc(C)cc2)CC(C)C(=O)O)cs1. The molecular weight excluding hydrogens is 476 g/mol. The maximum atomic E-state index is 13.1. The van der Waals surface area contributed by atoms with E-state index in [0.29, 0.717) is 42.0 Å². The Bertz CT molecular complexity index is 1010. The molecule has 8 heteroatoms. The highest BCUT2D eigenvalue weighted by Crippen LogP contribution is 2.34. The summed E-state index contributed by atoms with van der Waals surface area (Å²) in [7, 11) is 0. The molecule has 36 heavy (non-hydrogen) atoms. The van der Waals surface area contributed by atoms with E-state index in [2.05, 4.69) is 38.0 Å². The van der Waals surface area contributed by atoms with Gasteiger partial charge in [0.25, 0.3) is 5.91 Å². The zero-order valence-electron chi connectivity index (χ0n) is 22.4. The van der Waals surface area contributed by atoms with Crippen molar-refractivity contribution in [3.8, 4) is 0 Å². The second kappa shape index (κ2) is 13.5. The molecular formula is C28H40N2O5S. The van der Waals surface area contributed by atoms with Gasteiger partial charge in [-0.15, -0.1) is 11.3 Å². The molecule has 0 radical (unpaired) electrons. The number of carbonyl (C=O) groups is 3. The van der Waals surface area contributed by atoms with Crippen molar-refractivity contribution in [3.05, 3.63) is 51.5 Å². The van der Waals surface area contributed by atoms with Crippen LogP contribution >= 0.6 is 11.3 Å². The van der Waals surface area contributed by atoms with Gasteiger partial charge in [-0.05, 0) is 49.5 Å². The summed E-state index contributed by atoms with van der Waals surface area (Å²) in [5, 5.41) is 14.7. The fraction of sp³-hybridized carbons (Fsp3) is 0.571. The van der Waals surface area contributed by atoms with Gasteiger partial charge >= 0.3 is 11.9 Å². The van der Waals surface area contributed by atoms with Crippen LogP contribution in [0.4, 0.5) is 0 Å². The predicted octanol–water partition coefficient (Wildman–Crippen LogP) is 5.83. The molecule has 0 saturated heterocycles. The third-order valence-electron chi connectivity index (χ3n) is 6.53. The van der Waals surface area contributed by atoms with Crippen molar-refractivity contribution < 1.29 is 24.2 Å². The van der Waals surface area contributed by atoms with Gasteiger partial charge in [-0.2, -0.15) is 0 Å². The first-order chi connectivity index (χ1) is 16.9. The van der Waals surface area contributed by atoms with Gasteiger partial charge in [0.2, 0.25) is 0 Å². The van der Waals surface area contributed by atoms with Crippen LogP contribution in [0.2, 0.25) is 0 Å². The summed E-state index contributed by atoms with van der Waals surface area (Å²) < 4.78 is 5.62. The number of carboxylic acid groups (broad SMARTS) is 1. The normalized spacial score (nSPS) is 14.1. The molecule has 0 aliphatic rings. The minimum atomic E-state index is -0.900. The quantitative estimate of drug-likeness (QED) is 0.325. The maximum absolute atomic E-state index is 13.1. The molecule has 2 N–H and O–H groups in total. The molecule has 0 aliphatic heterocycles. The lowest BCUT2D eigenvalue weighted by Gasteiger charge is -2.28. The molecule has 1 aromatic carbocycles. The average molecular weight is 517 g/mol. The Morgan fingerprint density at radius 3 is 2.17 bits per heavy atom. The van der Waals surface area contributed by atoms with Crippen LogP contribution < -0.4 is 5.32 Å². The lowest BCUT2D eigenvalue weighted by Crippen LogP contribution is -2.38. The summed E-state index contributed by atoms with van der Waals surface area (Å²) in [6.45, 7) is 13.6. The Morgan fingerprint density at radius 2 is 1.64 bits per heavy atom. The molecule has 2 aromatic rings. The Hall–Kier alpha value is -2.74. The van der Waals surface area contributed by atoms with E-state index in [1.54, 1.807) is 12.3 Å².